The van der Waals surface area contributed by atoms with Gasteiger partial charge in [-0.1, -0.05) is 18.2 Å². The molecule has 4 unspecified atom stereocenters. The average molecular weight is 281 g/mol. The van der Waals surface area contributed by atoms with Crippen LogP contribution >= 0.6 is 0 Å². The summed E-state index contributed by atoms with van der Waals surface area (Å²) in [6, 6.07) is 7.72. The van der Waals surface area contributed by atoms with Gasteiger partial charge >= 0.3 is 0 Å². The number of fused-ring (bicyclic) bond motifs is 3. The van der Waals surface area contributed by atoms with Crippen molar-refractivity contribution in [3.05, 3.63) is 35.4 Å². The number of carbonyl (C=O) groups is 1. The van der Waals surface area contributed by atoms with Crippen molar-refractivity contribution in [3.8, 4) is 0 Å². The zero-order valence-electron chi connectivity index (χ0n) is 12.0. The first-order chi connectivity index (χ1) is 10.1. The molecule has 1 amide bonds. The van der Waals surface area contributed by atoms with Crippen LogP contribution in [-0.2, 0) is 5.72 Å². The standard InChI is InChI=1S/C18H19NO2/c20-16-13-3-1-2-4-14(13)18(21)15-12-6-10-5-11(7-12)9-17(15,8-10)19(16)18/h1-4,10-12,15,21H,5-9H2. The number of hydrogen-bond donors (Lipinski definition) is 1. The van der Waals surface area contributed by atoms with E-state index in [1.165, 1.54) is 19.3 Å². The van der Waals surface area contributed by atoms with Gasteiger partial charge < -0.3 is 5.11 Å². The summed E-state index contributed by atoms with van der Waals surface area (Å²) < 4.78 is 0. The number of benzene rings is 1. The zero-order valence-corrected chi connectivity index (χ0v) is 12.0. The molecule has 2 heterocycles. The van der Waals surface area contributed by atoms with Gasteiger partial charge in [-0.2, -0.15) is 0 Å². The minimum absolute atomic E-state index is 0.0143. The number of carbonyl (C=O) groups excluding carboxylic acids is 1. The molecule has 1 saturated heterocycles. The molecular weight excluding hydrogens is 262 g/mol. The van der Waals surface area contributed by atoms with Gasteiger partial charge in [-0.05, 0) is 55.9 Å². The Morgan fingerprint density at radius 2 is 1.81 bits per heavy atom. The molecule has 2 aliphatic heterocycles. The lowest BCUT2D eigenvalue weighted by Crippen LogP contribution is -2.83. The van der Waals surface area contributed by atoms with Gasteiger partial charge in [0.1, 0.15) is 0 Å². The molecule has 21 heavy (non-hydrogen) atoms. The van der Waals surface area contributed by atoms with Crippen LogP contribution in [-0.4, -0.2) is 21.5 Å². The maximum absolute atomic E-state index is 12.9. The predicted molar refractivity (Wildman–Crippen MR) is 76.3 cm³/mol. The number of aliphatic hydroxyl groups is 1. The molecule has 5 fully saturated rings. The maximum Gasteiger partial charge on any atom is 0.257 e. The van der Waals surface area contributed by atoms with Gasteiger partial charge in [-0.3, -0.25) is 9.69 Å². The average Bonchev–Trinajstić information content (AvgIpc) is 2.64. The Morgan fingerprint density at radius 1 is 1.10 bits per heavy atom. The molecule has 0 aromatic heterocycles. The lowest BCUT2D eigenvalue weighted by atomic mass is 9.41. The van der Waals surface area contributed by atoms with E-state index in [-0.39, 0.29) is 17.4 Å². The summed E-state index contributed by atoms with van der Waals surface area (Å²) in [6.07, 6.45) is 6.17. The third-order valence-electron chi connectivity index (χ3n) is 7.25. The fourth-order valence-electron chi connectivity index (χ4n) is 7.19. The number of amides is 1. The van der Waals surface area contributed by atoms with Gasteiger partial charge in [0.25, 0.3) is 5.91 Å². The second kappa shape index (κ2) is 3.05. The van der Waals surface area contributed by atoms with Crippen LogP contribution in [0.5, 0.6) is 0 Å². The minimum atomic E-state index is -0.994. The van der Waals surface area contributed by atoms with Crippen LogP contribution in [0.25, 0.3) is 0 Å². The maximum atomic E-state index is 12.9. The van der Waals surface area contributed by atoms with E-state index in [1.807, 2.05) is 29.2 Å². The largest absolute Gasteiger partial charge is 0.366 e. The normalized spacial score (nSPS) is 51.5. The minimum Gasteiger partial charge on any atom is -0.366 e. The second-order valence-corrected chi connectivity index (χ2v) is 8.10. The molecule has 7 rings (SSSR count). The van der Waals surface area contributed by atoms with E-state index in [4.69, 9.17) is 0 Å². The van der Waals surface area contributed by atoms with Gasteiger partial charge in [0.15, 0.2) is 5.72 Å². The number of hydrogen-bond acceptors (Lipinski definition) is 2. The summed E-state index contributed by atoms with van der Waals surface area (Å²) in [5.74, 6) is 2.56. The molecule has 1 aromatic carbocycles. The molecular formula is C18H19NO2. The van der Waals surface area contributed by atoms with Crippen molar-refractivity contribution < 1.29 is 9.90 Å². The third kappa shape index (κ3) is 0.953. The Bertz CT molecular complexity index is 684. The summed E-state index contributed by atoms with van der Waals surface area (Å²) in [7, 11) is 0. The summed E-state index contributed by atoms with van der Waals surface area (Å²) in [6.45, 7) is 0. The Hall–Kier alpha value is -1.35. The molecule has 108 valence electrons. The first-order valence-electron chi connectivity index (χ1n) is 8.31. The van der Waals surface area contributed by atoms with Crippen molar-refractivity contribution >= 4 is 5.91 Å². The molecule has 4 saturated carbocycles. The molecule has 3 heteroatoms. The smallest absolute Gasteiger partial charge is 0.257 e. The SMILES string of the molecule is O=C1c2ccccc2C2(O)C3C4CC5CC(C4)CC3(C5)N12. The summed E-state index contributed by atoms with van der Waals surface area (Å²) in [5, 5.41) is 11.5. The van der Waals surface area contributed by atoms with E-state index >= 15 is 0 Å². The molecule has 1 aromatic rings. The molecule has 4 bridgehead atoms. The van der Waals surface area contributed by atoms with Crippen LogP contribution in [0, 0.1) is 23.7 Å². The Morgan fingerprint density at radius 3 is 2.57 bits per heavy atom. The van der Waals surface area contributed by atoms with Crippen LogP contribution in [0.1, 0.15) is 48.0 Å². The van der Waals surface area contributed by atoms with Crippen molar-refractivity contribution in [1.29, 1.82) is 0 Å². The fraction of sp³-hybridized carbons (Fsp3) is 0.611. The fourth-order valence-corrected chi connectivity index (χ4v) is 7.19. The van der Waals surface area contributed by atoms with Crippen molar-refractivity contribution in [2.24, 2.45) is 23.7 Å². The molecule has 6 aliphatic rings. The Balaban J connectivity index is 1.60. The van der Waals surface area contributed by atoms with Gasteiger partial charge in [0.2, 0.25) is 0 Å². The topological polar surface area (TPSA) is 40.5 Å². The second-order valence-electron chi connectivity index (χ2n) is 8.10. The van der Waals surface area contributed by atoms with Crippen LogP contribution in [0.2, 0.25) is 0 Å². The van der Waals surface area contributed by atoms with E-state index < -0.39 is 5.72 Å². The molecule has 1 N–H and O–H groups in total. The van der Waals surface area contributed by atoms with Crippen molar-refractivity contribution in [2.45, 2.75) is 43.4 Å². The van der Waals surface area contributed by atoms with Crippen molar-refractivity contribution in [1.82, 2.24) is 4.90 Å². The van der Waals surface area contributed by atoms with E-state index in [0.29, 0.717) is 5.92 Å². The van der Waals surface area contributed by atoms with Crippen LogP contribution < -0.4 is 0 Å². The molecule has 0 radical (unpaired) electrons. The molecule has 1 spiro atoms. The number of nitrogens with zero attached hydrogens (tertiary/aromatic N) is 1. The van der Waals surface area contributed by atoms with Crippen molar-refractivity contribution in [2.75, 3.05) is 0 Å². The van der Waals surface area contributed by atoms with Gasteiger partial charge in [0.05, 0.1) is 5.54 Å². The molecule has 3 nitrogen and oxygen atoms in total. The van der Waals surface area contributed by atoms with Gasteiger partial charge in [0, 0.05) is 17.0 Å². The Labute approximate surface area is 123 Å². The predicted octanol–water partition coefficient (Wildman–Crippen LogP) is 2.50. The number of rotatable bonds is 0. The monoisotopic (exact) mass is 281 g/mol. The van der Waals surface area contributed by atoms with Crippen molar-refractivity contribution in [3.63, 3.8) is 0 Å². The molecule has 4 atom stereocenters. The Kier molecular flexibility index (Phi) is 1.63. The van der Waals surface area contributed by atoms with E-state index in [2.05, 4.69) is 0 Å². The van der Waals surface area contributed by atoms with Crippen LogP contribution in [0.15, 0.2) is 24.3 Å². The highest BCUT2D eigenvalue weighted by atomic mass is 16.3. The van der Waals surface area contributed by atoms with E-state index in [1.54, 1.807) is 0 Å². The summed E-state index contributed by atoms with van der Waals surface area (Å²) in [4.78, 5) is 14.8. The van der Waals surface area contributed by atoms with Gasteiger partial charge in [-0.25, -0.2) is 0 Å². The van der Waals surface area contributed by atoms with Crippen LogP contribution in [0.3, 0.4) is 0 Å². The lowest BCUT2D eigenvalue weighted by Gasteiger charge is -2.76. The quantitative estimate of drug-likeness (QED) is 0.793. The van der Waals surface area contributed by atoms with Gasteiger partial charge in [-0.15, -0.1) is 0 Å². The highest BCUT2D eigenvalue weighted by Crippen LogP contribution is 2.74. The summed E-state index contributed by atoms with van der Waals surface area (Å²) in [5.41, 5.74) is 0.604. The molecule has 4 aliphatic carbocycles. The first-order valence-corrected chi connectivity index (χ1v) is 8.31. The third-order valence-corrected chi connectivity index (χ3v) is 7.25. The van der Waals surface area contributed by atoms with E-state index in [0.717, 1.165) is 35.8 Å². The van der Waals surface area contributed by atoms with E-state index in [9.17, 15) is 9.90 Å². The highest BCUT2D eigenvalue weighted by molar-refractivity contribution is 6.01. The van der Waals surface area contributed by atoms with Crippen LogP contribution in [0.4, 0.5) is 0 Å². The lowest BCUT2D eigenvalue weighted by molar-refractivity contribution is -0.350. The summed E-state index contributed by atoms with van der Waals surface area (Å²) >= 11 is 0. The highest BCUT2D eigenvalue weighted by Gasteiger charge is 2.79. The zero-order chi connectivity index (χ0) is 14.0. The first kappa shape index (κ1) is 11.2.